The third kappa shape index (κ3) is 22.3. The Balaban J connectivity index is 2.78. The van der Waals surface area contributed by atoms with Crippen LogP contribution in [0, 0.1) is 0 Å². The number of amides is 1. The molecule has 1 rings (SSSR count). The highest BCUT2D eigenvalue weighted by atomic mass is 32.3. The van der Waals surface area contributed by atoms with Gasteiger partial charge in [-0.2, -0.15) is 8.42 Å². The topological polar surface area (TPSA) is 212 Å². The fraction of sp³-hybridized carbons (Fsp3) is 0.763. The average Bonchev–Trinajstić information content (AvgIpc) is 3.11. The first-order valence-corrected chi connectivity index (χ1v) is 20.5. The Bertz CT molecular complexity index is 1140. The van der Waals surface area contributed by atoms with E-state index in [0.29, 0.717) is 12.8 Å². The maximum absolute atomic E-state index is 12.9. The summed E-state index contributed by atoms with van der Waals surface area (Å²) in [5.74, 6) is -0.757. The molecule has 1 amide bonds. The second-order valence-corrected chi connectivity index (χ2v) is 14.3. The summed E-state index contributed by atoms with van der Waals surface area (Å²) in [5.41, 5.74) is 0. The number of nitrogens with one attached hydrogen (secondary N) is 1. The minimum Gasteiger partial charge on any atom is -0.394 e. The van der Waals surface area contributed by atoms with Crippen molar-refractivity contribution in [1.82, 2.24) is 5.32 Å². The molecule has 14 heteroatoms. The highest BCUT2D eigenvalue weighted by molar-refractivity contribution is 7.80. The molecule has 1 aliphatic heterocycles. The van der Waals surface area contributed by atoms with Crippen molar-refractivity contribution in [2.75, 3.05) is 13.2 Å². The predicted molar refractivity (Wildman–Crippen MR) is 200 cm³/mol. The van der Waals surface area contributed by atoms with Crippen LogP contribution in [0.1, 0.15) is 123 Å². The second kappa shape index (κ2) is 29.4. The van der Waals surface area contributed by atoms with E-state index in [4.69, 9.17) is 14.0 Å². The smallest absolute Gasteiger partial charge is 0.394 e. The molecule has 1 fully saturated rings. The summed E-state index contributed by atoms with van der Waals surface area (Å²) in [5, 5.41) is 54.6. The van der Waals surface area contributed by atoms with Crippen LogP contribution in [-0.4, -0.2) is 107 Å². The van der Waals surface area contributed by atoms with Gasteiger partial charge in [0.15, 0.2) is 6.29 Å². The van der Waals surface area contributed by atoms with Gasteiger partial charge in [0.1, 0.15) is 30.5 Å². The molecule has 0 saturated carbocycles. The summed E-state index contributed by atoms with van der Waals surface area (Å²) in [7, 11) is -5.12. The van der Waals surface area contributed by atoms with Gasteiger partial charge in [-0.1, -0.05) is 107 Å². The van der Waals surface area contributed by atoms with Crippen LogP contribution in [0.2, 0.25) is 0 Å². The lowest BCUT2D eigenvalue weighted by molar-refractivity contribution is -0.298. The molecule has 0 aromatic heterocycles. The first kappa shape index (κ1) is 48.0. The molecule has 0 radical (unpaired) electrons. The number of unbranched alkanes of at least 4 members (excludes halogenated alkanes) is 11. The molecule has 0 spiro atoms. The molecule has 0 aliphatic carbocycles. The molecule has 0 bridgehead atoms. The van der Waals surface area contributed by atoms with Gasteiger partial charge in [-0.15, -0.1) is 0 Å². The Hall–Kier alpha value is -1.98. The van der Waals surface area contributed by atoms with E-state index in [-0.39, 0.29) is 6.42 Å². The highest BCUT2D eigenvalue weighted by Crippen LogP contribution is 2.26. The number of carbonyl (C=O) groups is 1. The maximum atomic E-state index is 12.9. The van der Waals surface area contributed by atoms with Crippen molar-refractivity contribution < 1.29 is 57.0 Å². The van der Waals surface area contributed by atoms with Gasteiger partial charge in [0.05, 0.1) is 25.4 Å². The zero-order chi connectivity index (χ0) is 38.6. The van der Waals surface area contributed by atoms with Crippen LogP contribution in [0.4, 0.5) is 0 Å². The normalized spacial score (nSPS) is 23.3. The van der Waals surface area contributed by atoms with Gasteiger partial charge in [0.25, 0.3) is 0 Å². The Morgan fingerprint density at radius 1 is 0.769 bits per heavy atom. The molecule has 13 nitrogen and oxygen atoms in total. The number of allylic oxidation sites excluding steroid dienone is 7. The van der Waals surface area contributed by atoms with E-state index in [0.717, 1.165) is 51.4 Å². The Labute approximate surface area is 311 Å². The number of hydrogen-bond acceptors (Lipinski definition) is 11. The van der Waals surface area contributed by atoms with Crippen LogP contribution >= 0.6 is 0 Å². The molecular weight excluding hydrogens is 694 g/mol. The molecular formula is C38H67NO12S. The predicted octanol–water partition coefficient (Wildman–Crippen LogP) is 4.73. The van der Waals surface area contributed by atoms with Crippen molar-refractivity contribution in [3.8, 4) is 0 Å². The molecule has 1 heterocycles. The van der Waals surface area contributed by atoms with Crippen LogP contribution < -0.4 is 5.32 Å². The molecule has 52 heavy (non-hydrogen) atoms. The van der Waals surface area contributed by atoms with Gasteiger partial charge in [0.2, 0.25) is 5.91 Å². The molecule has 0 aromatic carbocycles. The number of aliphatic hydroxyl groups excluding tert-OH is 5. The maximum Gasteiger partial charge on any atom is 0.397 e. The average molecular weight is 762 g/mol. The first-order valence-electron chi connectivity index (χ1n) is 19.1. The van der Waals surface area contributed by atoms with Crippen LogP contribution in [-0.2, 0) is 28.9 Å². The Morgan fingerprint density at radius 3 is 1.85 bits per heavy atom. The standard InChI is InChI=1S/C38H67NO12S/c1-3-5-7-9-11-13-14-15-16-17-18-19-21-22-24-26-31(41)30(39-37(45)32(42)27-25-23-20-12-10-8-6-4-2)29-49-38-35(44)36(51-52(46,47)48)34(43)33(28-40)50-38/h14-15,18-20,23-24,26,30-36,38,40-44H,3-13,16-17,21-22,25,27-29H2,1-2H3,(H,39,45)(H,46,47,48)/b15-14+,19-18+,23-20-,26-24+. The SMILES string of the molecule is CCCCCC/C=C\CCC(O)C(=O)NC(COC1OC(CO)C(O)C(OS(=O)(=O)O)C1O)C(O)/C=C/CC/C=C/CC/C=C/CCCCCCC. The van der Waals surface area contributed by atoms with E-state index in [9.17, 15) is 38.7 Å². The minimum absolute atomic E-state index is 0.146. The lowest BCUT2D eigenvalue weighted by Crippen LogP contribution is -2.61. The van der Waals surface area contributed by atoms with Crippen LogP contribution in [0.15, 0.2) is 48.6 Å². The van der Waals surface area contributed by atoms with Crippen molar-refractivity contribution in [3.63, 3.8) is 0 Å². The van der Waals surface area contributed by atoms with Gasteiger partial charge in [-0.05, 0) is 64.2 Å². The molecule has 0 aromatic rings. The van der Waals surface area contributed by atoms with Gasteiger partial charge < -0.3 is 40.3 Å². The van der Waals surface area contributed by atoms with E-state index in [1.54, 1.807) is 6.08 Å². The van der Waals surface area contributed by atoms with Crippen molar-refractivity contribution >= 4 is 16.3 Å². The van der Waals surface area contributed by atoms with Gasteiger partial charge in [-0.3, -0.25) is 9.35 Å². The van der Waals surface area contributed by atoms with E-state index in [2.05, 4.69) is 47.7 Å². The molecule has 8 unspecified atom stereocenters. The van der Waals surface area contributed by atoms with E-state index in [1.165, 1.54) is 44.6 Å². The molecule has 7 N–H and O–H groups in total. The largest absolute Gasteiger partial charge is 0.397 e. The summed E-state index contributed by atoms with van der Waals surface area (Å²) < 4.78 is 47.1. The zero-order valence-corrected chi connectivity index (χ0v) is 32.0. The zero-order valence-electron chi connectivity index (χ0n) is 31.2. The lowest BCUT2D eigenvalue weighted by atomic mass is 9.99. The lowest BCUT2D eigenvalue weighted by Gasteiger charge is -2.41. The number of aliphatic hydroxyl groups is 5. The summed E-state index contributed by atoms with van der Waals surface area (Å²) >= 11 is 0. The number of ether oxygens (including phenoxy) is 2. The van der Waals surface area contributed by atoms with Crippen LogP contribution in [0.5, 0.6) is 0 Å². The quantitative estimate of drug-likeness (QED) is 0.0301. The first-order chi connectivity index (χ1) is 24.9. The van der Waals surface area contributed by atoms with E-state index in [1.807, 2.05) is 12.2 Å². The minimum atomic E-state index is -5.12. The summed E-state index contributed by atoms with van der Waals surface area (Å²) in [6.45, 7) is 3.05. The van der Waals surface area contributed by atoms with Crippen LogP contribution in [0.25, 0.3) is 0 Å². The van der Waals surface area contributed by atoms with Crippen LogP contribution in [0.3, 0.4) is 0 Å². The highest BCUT2D eigenvalue weighted by Gasteiger charge is 2.48. The van der Waals surface area contributed by atoms with Crippen molar-refractivity contribution in [2.24, 2.45) is 0 Å². The fourth-order valence-corrected chi connectivity index (χ4v) is 6.06. The van der Waals surface area contributed by atoms with Crippen molar-refractivity contribution in [3.05, 3.63) is 48.6 Å². The molecule has 8 atom stereocenters. The van der Waals surface area contributed by atoms with Gasteiger partial charge in [0, 0.05) is 0 Å². The number of rotatable bonds is 30. The summed E-state index contributed by atoms with van der Waals surface area (Å²) in [6, 6.07) is -1.15. The number of hydrogen-bond donors (Lipinski definition) is 7. The van der Waals surface area contributed by atoms with E-state index >= 15 is 0 Å². The Kier molecular flexibility index (Phi) is 27.1. The van der Waals surface area contributed by atoms with Gasteiger partial charge in [-0.25, -0.2) is 4.18 Å². The second-order valence-electron chi connectivity index (χ2n) is 13.3. The monoisotopic (exact) mass is 761 g/mol. The molecule has 1 aliphatic rings. The molecule has 302 valence electrons. The van der Waals surface area contributed by atoms with Crippen molar-refractivity contribution in [2.45, 2.75) is 172 Å². The fourth-order valence-electron chi connectivity index (χ4n) is 5.55. The van der Waals surface area contributed by atoms with Crippen molar-refractivity contribution in [1.29, 1.82) is 0 Å². The number of carbonyl (C=O) groups excluding carboxylic acids is 1. The van der Waals surface area contributed by atoms with E-state index < -0.39 is 78.5 Å². The summed E-state index contributed by atoms with van der Waals surface area (Å²) in [6.07, 6.45) is 21.0. The third-order valence-electron chi connectivity index (χ3n) is 8.68. The summed E-state index contributed by atoms with van der Waals surface area (Å²) in [4.78, 5) is 12.9. The third-order valence-corrected chi connectivity index (χ3v) is 9.14. The molecule has 1 saturated heterocycles. The van der Waals surface area contributed by atoms with Gasteiger partial charge >= 0.3 is 10.4 Å². The Morgan fingerprint density at radius 2 is 1.29 bits per heavy atom.